The SMILES string of the molecule is Cc1cc(C)cc(CCNC(=NCC(=O)N(C)C)NCC2CCCCO2)c1.I. The molecule has 1 unspecified atom stereocenters. The zero-order valence-electron chi connectivity index (χ0n) is 17.6. The third kappa shape index (κ3) is 9.23. The molecule has 2 N–H and O–H groups in total. The van der Waals surface area contributed by atoms with E-state index in [2.05, 4.69) is 47.7 Å². The molecule has 28 heavy (non-hydrogen) atoms. The molecule has 1 heterocycles. The zero-order valence-corrected chi connectivity index (χ0v) is 19.9. The molecule has 0 bridgehead atoms. The van der Waals surface area contributed by atoms with Gasteiger partial charge >= 0.3 is 0 Å². The lowest BCUT2D eigenvalue weighted by Crippen LogP contribution is -2.43. The Morgan fingerprint density at radius 2 is 1.89 bits per heavy atom. The highest BCUT2D eigenvalue weighted by molar-refractivity contribution is 14.0. The van der Waals surface area contributed by atoms with Crippen LogP contribution in [0.15, 0.2) is 23.2 Å². The molecule has 2 rings (SSSR count). The average molecular weight is 502 g/mol. The van der Waals surface area contributed by atoms with Crippen LogP contribution in [0, 0.1) is 13.8 Å². The van der Waals surface area contributed by atoms with E-state index in [0.717, 1.165) is 32.4 Å². The van der Waals surface area contributed by atoms with E-state index in [-0.39, 0.29) is 42.5 Å². The summed E-state index contributed by atoms with van der Waals surface area (Å²) in [4.78, 5) is 17.9. The second kappa shape index (κ2) is 13.0. The van der Waals surface area contributed by atoms with Crippen molar-refractivity contribution >= 4 is 35.8 Å². The maximum Gasteiger partial charge on any atom is 0.243 e. The van der Waals surface area contributed by atoms with Gasteiger partial charge in [-0.1, -0.05) is 29.3 Å². The van der Waals surface area contributed by atoms with Crippen molar-refractivity contribution in [3.63, 3.8) is 0 Å². The summed E-state index contributed by atoms with van der Waals surface area (Å²) >= 11 is 0. The number of ether oxygens (including phenoxy) is 1. The van der Waals surface area contributed by atoms with Crippen molar-refractivity contribution in [3.8, 4) is 0 Å². The molecule has 158 valence electrons. The van der Waals surface area contributed by atoms with Crippen LogP contribution in [-0.4, -0.2) is 63.2 Å². The van der Waals surface area contributed by atoms with E-state index in [1.165, 1.54) is 23.1 Å². The average Bonchev–Trinajstić information content (AvgIpc) is 2.63. The van der Waals surface area contributed by atoms with Gasteiger partial charge in [-0.2, -0.15) is 0 Å². The number of hydrogen-bond donors (Lipinski definition) is 2. The Morgan fingerprint density at radius 1 is 1.18 bits per heavy atom. The summed E-state index contributed by atoms with van der Waals surface area (Å²) < 4.78 is 5.77. The number of benzene rings is 1. The highest BCUT2D eigenvalue weighted by Crippen LogP contribution is 2.11. The smallest absolute Gasteiger partial charge is 0.243 e. The van der Waals surface area contributed by atoms with E-state index in [9.17, 15) is 4.79 Å². The minimum atomic E-state index is -0.0145. The molecule has 7 heteroatoms. The summed E-state index contributed by atoms with van der Waals surface area (Å²) in [5.74, 6) is 0.656. The van der Waals surface area contributed by atoms with Crippen molar-refractivity contribution in [2.75, 3.05) is 40.3 Å². The summed E-state index contributed by atoms with van der Waals surface area (Å²) in [6.07, 6.45) is 4.54. The Morgan fingerprint density at radius 3 is 2.50 bits per heavy atom. The molecular formula is C21H35IN4O2. The van der Waals surface area contributed by atoms with E-state index in [4.69, 9.17) is 4.74 Å². The largest absolute Gasteiger partial charge is 0.376 e. The standard InChI is InChI=1S/C21H34N4O2.HI/c1-16-11-17(2)13-18(12-16)8-9-22-21(24-15-20(26)25(3)4)23-14-19-7-5-6-10-27-19;/h11-13,19H,5-10,14-15H2,1-4H3,(H2,22,23,24);1H. The minimum absolute atomic E-state index is 0. The van der Waals surface area contributed by atoms with E-state index in [1.54, 1.807) is 19.0 Å². The van der Waals surface area contributed by atoms with Gasteiger partial charge in [0, 0.05) is 33.8 Å². The molecule has 0 aliphatic carbocycles. The Balaban J connectivity index is 0.00000392. The number of guanidine groups is 1. The molecule has 6 nitrogen and oxygen atoms in total. The van der Waals surface area contributed by atoms with Gasteiger partial charge in [0.15, 0.2) is 5.96 Å². The second-order valence-electron chi connectivity index (χ2n) is 7.50. The van der Waals surface area contributed by atoms with Gasteiger partial charge in [-0.15, -0.1) is 24.0 Å². The molecule has 0 radical (unpaired) electrons. The predicted octanol–water partition coefficient (Wildman–Crippen LogP) is 2.66. The number of carbonyl (C=O) groups excluding carboxylic acids is 1. The number of carbonyl (C=O) groups is 1. The summed E-state index contributed by atoms with van der Waals surface area (Å²) in [6.45, 7) is 6.68. The third-order valence-corrected chi connectivity index (χ3v) is 4.63. The first kappa shape index (κ1) is 24.7. The molecule has 1 atom stereocenters. The molecule has 0 spiro atoms. The van der Waals surface area contributed by atoms with Crippen LogP contribution in [0.1, 0.15) is 36.0 Å². The summed E-state index contributed by atoms with van der Waals surface area (Å²) in [7, 11) is 3.49. The predicted molar refractivity (Wildman–Crippen MR) is 126 cm³/mol. The Labute approximate surface area is 186 Å². The molecular weight excluding hydrogens is 467 g/mol. The molecule has 1 aliphatic heterocycles. The topological polar surface area (TPSA) is 66.0 Å². The van der Waals surface area contributed by atoms with E-state index in [1.807, 2.05) is 0 Å². The minimum Gasteiger partial charge on any atom is -0.376 e. The lowest BCUT2D eigenvalue weighted by molar-refractivity contribution is -0.127. The number of rotatable bonds is 7. The van der Waals surface area contributed by atoms with Crippen LogP contribution in [-0.2, 0) is 16.0 Å². The van der Waals surface area contributed by atoms with Crippen molar-refractivity contribution in [1.82, 2.24) is 15.5 Å². The van der Waals surface area contributed by atoms with Gasteiger partial charge in [-0.3, -0.25) is 4.79 Å². The monoisotopic (exact) mass is 502 g/mol. The number of nitrogens with zero attached hydrogens (tertiary/aromatic N) is 2. The van der Waals surface area contributed by atoms with Gasteiger partial charge in [0.25, 0.3) is 0 Å². The van der Waals surface area contributed by atoms with Crippen LogP contribution < -0.4 is 10.6 Å². The second-order valence-corrected chi connectivity index (χ2v) is 7.50. The molecule has 1 fully saturated rings. The quantitative estimate of drug-likeness (QED) is 0.342. The Bertz CT molecular complexity index is 623. The van der Waals surface area contributed by atoms with Crippen molar-refractivity contribution in [3.05, 3.63) is 34.9 Å². The first-order chi connectivity index (χ1) is 12.9. The molecule has 0 aromatic heterocycles. The number of nitrogens with one attached hydrogen (secondary N) is 2. The maximum absolute atomic E-state index is 11.9. The first-order valence-corrected chi connectivity index (χ1v) is 9.85. The number of aryl methyl sites for hydroxylation is 2. The van der Waals surface area contributed by atoms with Crippen molar-refractivity contribution < 1.29 is 9.53 Å². The summed E-state index contributed by atoms with van der Waals surface area (Å²) in [6, 6.07) is 6.61. The van der Waals surface area contributed by atoms with Gasteiger partial charge in [-0.05, 0) is 45.1 Å². The number of likely N-dealkylation sites (N-methyl/N-ethyl adjacent to an activating group) is 1. The van der Waals surface area contributed by atoms with Crippen molar-refractivity contribution in [1.29, 1.82) is 0 Å². The summed E-state index contributed by atoms with van der Waals surface area (Å²) in [5, 5.41) is 6.69. The van der Waals surface area contributed by atoms with E-state index >= 15 is 0 Å². The fraction of sp³-hybridized carbons (Fsp3) is 0.619. The van der Waals surface area contributed by atoms with Gasteiger partial charge < -0.3 is 20.3 Å². The van der Waals surface area contributed by atoms with Crippen LogP contribution in [0.5, 0.6) is 0 Å². The number of amides is 1. The van der Waals surface area contributed by atoms with Gasteiger partial charge in [0.2, 0.25) is 5.91 Å². The lowest BCUT2D eigenvalue weighted by atomic mass is 10.1. The molecule has 1 aromatic rings. The molecule has 1 amide bonds. The summed E-state index contributed by atoms with van der Waals surface area (Å²) in [5.41, 5.74) is 3.87. The maximum atomic E-state index is 11.9. The number of hydrogen-bond acceptors (Lipinski definition) is 3. The van der Waals surface area contributed by atoms with Gasteiger partial charge in [0.1, 0.15) is 6.54 Å². The van der Waals surface area contributed by atoms with Crippen LogP contribution in [0.2, 0.25) is 0 Å². The van der Waals surface area contributed by atoms with Crippen LogP contribution in [0.25, 0.3) is 0 Å². The third-order valence-electron chi connectivity index (χ3n) is 4.63. The number of halogens is 1. The first-order valence-electron chi connectivity index (χ1n) is 9.85. The Hall–Kier alpha value is -1.35. The van der Waals surface area contributed by atoms with Crippen LogP contribution in [0.3, 0.4) is 0 Å². The van der Waals surface area contributed by atoms with Gasteiger partial charge in [0.05, 0.1) is 6.10 Å². The highest BCUT2D eigenvalue weighted by Gasteiger charge is 2.14. The highest BCUT2D eigenvalue weighted by atomic mass is 127. The molecule has 1 aromatic carbocycles. The van der Waals surface area contributed by atoms with E-state index < -0.39 is 0 Å². The Kier molecular flexibility index (Phi) is 11.4. The molecule has 1 aliphatic rings. The normalized spacial score (nSPS) is 16.9. The lowest BCUT2D eigenvalue weighted by Gasteiger charge is -2.24. The van der Waals surface area contributed by atoms with Gasteiger partial charge in [-0.25, -0.2) is 4.99 Å². The van der Waals surface area contributed by atoms with Crippen LogP contribution >= 0.6 is 24.0 Å². The van der Waals surface area contributed by atoms with Crippen LogP contribution in [0.4, 0.5) is 0 Å². The molecule has 1 saturated heterocycles. The van der Waals surface area contributed by atoms with Crippen molar-refractivity contribution in [2.24, 2.45) is 4.99 Å². The van der Waals surface area contributed by atoms with E-state index in [0.29, 0.717) is 12.5 Å². The zero-order chi connectivity index (χ0) is 19.6. The molecule has 0 saturated carbocycles. The fourth-order valence-corrected chi connectivity index (χ4v) is 3.18. The fourth-order valence-electron chi connectivity index (χ4n) is 3.18. The number of aliphatic imine (C=N–C) groups is 1. The van der Waals surface area contributed by atoms with Crippen molar-refractivity contribution in [2.45, 2.75) is 45.6 Å².